The first-order valence-corrected chi connectivity index (χ1v) is 9.33. The molecular weight excluding hydrogens is 356 g/mol. The van der Waals surface area contributed by atoms with Crippen molar-refractivity contribution in [3.05, 3.63) is 54.1 Å². The first-order chi connectivity index (χ1) is 12.1. The van der Waals surface area contributed by atoms with E-state index in [1.54, 1.807) is 6.07 Å². The largest absolute Gasteiger partial charge is 0.478 e. The molecule has 7 nitrogen and oxygen atoms in total. The molecule has 26 heavy (non-hydrogen) atoms. The molecule has 2 N–H and O–H groups in total. The third kappa shape index (κ3) is 4.20. The molecule has 0 radical (unpaired) electrons. The molecule has 1 atom stereocenters. The number of aromatic carboxylic acids is 1. The fraction of sp³-hybridized carbons (Fsp3) is 0.222. The van der Waals surface area contributed by atoms with Gasteiger partial charge >= 0.3 is 5.97 Å². The van der Waals surface area contributed by atoms with Gasteiger partial charge in [0.1, 0.15) is 0 Å². The summed E-state index contributed by atoms with van der Waals surface area (Å²) in [5.74, 6) is -1.87. The maximum Gasteiger partial charge on any atom is 0.337 e. The fourth-order valence-electron chi connectivity index (χ4n) is 2.36. The summed E-state index contributed by atoms with van der Waals surface area (Å²) in [6.45, 7) is 1.26. The highest BCUT2D eigenvalue weighted by atomic mass is 32.2. The van der Waals surface area contributed by atoms with E-state index in [-0.39, 0.29) is 11.3 Å². The van der Waals surface area contributed by atoms with Crippen LogP contribution in [0.25, 0.3) is 11.1 Å². The van der Waals surface area contributed by atoms with E-state index in [1.807, 2.05) is 30.3 Å². The number of carbonyl (C=O) groups excluding carboxylic acids is 1. The molecule has 2 rings (SSSR count). The second kappa shape index (κ2) is 7.57. The van der Waals surface area contributed by atoms with Crippen LogP contribution in [0.5, 0.6) is 0 Å². The summed E-state index contributed by atoms with van der Waals surface area (Å²) in [7, 11) is -1.21. The summed E-state index contributed by atoms with van der Waals surface area (Å²) in [6.07, 6.45) is 0. The summed E-state index contributed by atoms with van der Waals surface area (Å²) in [5.41, 5.74) is 1.18. The van der Waals surface area contributed by atoms with Crippen molar-refractivity contribution in [1.29, 1.82) is 0 Å². The molecule has 0 fully saturated rings. The monoisotopic (exact) mass is 376 g/mol. The summed E-state index contributed by atoms with van der Waals surface area (Å²) in [6, 6.07) is 13.5. The molecule has 8 heteroatoms. The molecule has 0 aliphatic rings. The lowest BCUT2D eigenvalue weighted by Gasteiger charge is -2.19. The number of carboxylic acids is 1. The number of sulfonamides is 1. The van der Waals surface area contributed by atoms with Crippen LogP contribution in [0.4, 0.5) is 5.69 Å². The van der Waals surface area contributed by atoms with Crippen LogP contribution in [-0.2, 0) is 14.8 Å². The summed E-state index contributed by atoms with van der Waals surface area (Å²) in [4.78, 5) is 24.6. The number of hydrogen-bond acceptors (Lipinski definition) is 4. The SMILES string of the molecule is CC(C(=O)N(C)C)S(=O)(=O)Nc1cc(-c2ccccc2)ccc1C(=O)O. The molecule has 1 amide bonds. The number of rotatable bonds is 6. The van der Waals surface area contributed by atoms with Crippen LogP contribution < -0.4 is 4.72 Å². The van der Waals surface area contributed by atoms with Crippen molar-refractivity contribution in [2.75, 3.05) is 18.8 Å². The molecule has 0 bridgehead atoms. The summed E-state index contributed by atoms with van der Waals surface area (Å²) < 4.78 is 27.3. The molecule has 0 saturated carbocycles. The zero-order chi connectivity index (χ0) is 19.5. The fourth-order valence-corrected chi connectivity index (χ4v) is 3.49. The van der Waals surface area contributed by atoms with Gasteiger partial charge in [-0.1, -0.05) is 36.4 Å². The van der Waals surface area contributed by atoms with Crippen LogP contribution in [-0.4, -0.2) is 49.6 Å². The van der Waals surface area contributed by atoms with Gasteiger partial charge in [0, 0.05) is 14.1 Å². The Morgan fingerprint density at radius 2 is 1.65 bits per heavy atom. The van der Waals surface area contributed by atoms with Gasteiger partial charge in [0.05, 0.1) is 11.3 Å². The van der Waals surface area contributed by atoms with Gasteiger partial charge < -0.3 is 10.0 Å². The number of amides is 1. The van der Waals surface area contributed by atoms with Crippen molar-refractivity contribution < 1.29 is 23.1 Å². The molecule has 0 spiro atoms. The smallest absolute Gasteiger partial charge is 0.337 e. The molecule has 1 unspecified atom stereocenters. The lowest BCUT2D eigenvalue weighted by Crippen LogP contribution is -2.40. The molecule has 0 aromatic heterocycles. The number of nitrogens with one attached hydrogen (secondary N) is 1. The van der Waals surface area contributed by atoms with Crippen molar-refractivity contribution in [2.45, 2.75) is 12.2 Å². The average molecular weight is 376 g/mol. The van der Waals surface area contributed by atoms with E-state index >= 15 is 0 Å². The van der Waals surface area contributed by atoms with Crippen molar-refractivity contribution in [1.82, 2.24) is 4.90 Å². The number of nitrogens with zero attached hydrogens (tertiary/aromatic N) is 1. The maximum absolute atomic E-state index is 12.5. The number of anilines is 1. The number of carboxylic acid groups (broad SMARTS) is 1. The third-order valence-corrected chi connectivity index (χ3v) is 5.50. The Morgan fingerprint density at radius 3 is 2.19 bits per heavy atom. The lowest BCUT2D eigenvalue weighted by molar-refractivity contribution is -0.127. The highest BCUT2D eigenvalue weighted by molar-refractivity contribution is 7.94. The zero-order valence-corrected chi connectivity index (χ0v) is 15.4. The lowest BCUT2D eigenvalue weighted by atomic mass is 10.0. The van der Waals surface area contributed by atoms with Gasteiger partial charge in [-0.15, -0.1) is 0 Å². The Morgan fingerprint density at radius 1 is 1.04 bits per heavy atom. The Kier molecular flexibility index (Phi) is 5.66. The van der Waals surface area contributed by atoms with E-state index in [0.29, 0.717) is 5.56 Å². The Bertz CT molecular complexity index is 924. The minimum atomic E-state index is -4.12. The first kappa shape index (κ1) is 19.5. The van der Waals surface area contributed by atoms with Gasteiger partial charge in [0.2, 0.25) is 15.9 Å². The highest BCUT2D eigenvalue weighted by Crippen LogP contribution is 2.27. The summed E-state index contributed by atoms with van der Waals surface area (Å²) in [5, 5.41) is 7.99. The van der Waals surface area contributed by atoms with E-state index in [1.165, 1.54) is 38.1 Å². The van der Waals surface area contributed by atoms with E-state index in [4.69, 9.17) is 0 Å². The average Bonchev–Trinajstić information content (AvgIpc) is 2.60. The van der Waals surface area contributed by atoms with Crippen molar-refractivity contribution in [2.24, 2.45) is 0 Å². The molecule has 2 aromatic rings. The van der Waals surface area contributed by atoms with Gasteiger partial charge in [0.25, 0.3) is 0 Å². The van der Waals surface area contributed by atoms with E-state index < -0.39 is 27.1 Å². The van der Waals surface area contributed by atoms with Crippen molar-refractivity contribution in [3.8, 4) is 11.1 Å². The normalized spacial score (nSPS) is 12.3. The summed E-state index contributed by atoms with van der Waals surface area (Å²) >= 11 is 0. The Labute approximate surface area is 152 Å². The predicted octanol–water partition coefficient (Wildman–Crippen LogP) is 2.27. The molecule has 138 valence electrons. The minimum absolute atomic E-state index is 0.0859. The van der Waals surface area contributed by atoms with Crippen molar-refractivity contribution in [3.63, 3.8) is 0 Å². The highest BCUT2D eigenvalue weighted by Gasteiger charge is 2.30. The van der Waals surface area contributed by atoms with E-state index in [0.717, 1.165) is 5.56 Å². The Hall–Kier alpha value is -2.87. The second-order valence-electron chi connectivity index (χ2n) is 5.95. The van der Waals surface area contributed by atoms with Crippen LogP contribution in [0.2, 0.25) is 0 Å². The van der Waals surface area contributed by atoms with Crippen LogP contribution in [0.1, 0.15) is 17.3 Å². The molecule has 0 aliphatic carbocycles. The quantitative estimate of drug-likeness (QED) is 0.805. The zero-order valence-electron chi connectivity index (χ0n) is 14.6. The topological polar surface area (TPSA) is 104 Å². The van der Waals surface area contributed by atoms with Crippen LogP contribution in [0, 0.1) is 0 Å². The molecule has 0 saturated heterocycles. The standard InChI is InChI=1S/C18H20N2O5S/c1-12(17(21)20(2)3)26(24,25)19-16-11-14(9-10-15(16)18(22)23)13-7-5-4-6-8-13/h4-12,19H,1-3H3,(H,22,23). The molecule has 2 aromatic carbocycles. The van der Waals surface area contributed by atoms with E-state index in [2.05, 4.69) is 4.72 Å². The molecule has 0 heterocycles. The van der Waals surface area contributed by atoms with Crippen molar-refractivity contribution >= 4 is 27.6 Å². The van der Waals surface area contributed by atoms with Crippen LogP contribution in [0.3, 0.4) is 0 Å². The maximum atomic E-state index is 12.5. The van der Waals surface area contributed by atoms with Crippen LogP contribution in [0.15, 0.2) is 48.5 Å². The van der Waals surface area contributed by atoms with Gasteiger partial charge in [0.15, 0.2) is 5.25 Å². The number of benzene rings is 2. The van der Waals surface area contributed by atoms with Crippen LogP contribution >= 0.6 is 0 Å². The minimum Gasteiger partial charge on any atom is -0.478 e. The van der Waals surface area contributed by atoms with E-state index in [9.17, 15) is 23.1 Å². The Balaban J connectivity index is 2.46. The molecular formula is C18H20N2O5S. The van der Waals surface area contributed by atoms with Gasteiger partial charge in [-0.25, -0.2) is 13.2 Å². The number of hydrogen-bond donors (Lipinski definition) is 2. The van der Waals surface area contributed by atoms with Gasteiger partial charge in [-0.2, -0.15) is 0 Å². The van der Waals surface area contributed by atoms with Gasteiger partial charge in [-0.3, -0.25) is 9.52 Å². The first-order valence-electron chi connectivity index (χ1n) is 7.79. The third-order valence-electron chi connectivity index (χ3n) is 3.86. The number of carbonyl (C=O) groups is 2. The molecule has 0 aliphatic heterocycles. The van der Waals surface area contributed by atoms with Gasteiger partial charge in [-0.05, 0) is 30.2 Å². The predicted molar refractivity (Wildman–Crippen MR) is 99.5 cm³/mol. The second-order valence-corrected chi connectivity index (χ2v) is 7.95.